The number of rotatable bonds is 39. The molecule has 0 amide bonds. The van der Waals surface area contributed by atoms with Crippen LogP contribution in [0.15, 0.2) is 72.9 Å². The Morgan fingerprint density at radius 3 is 1.58 bits per heavy atom. The smallest absolute Gasteiger partial charge is 0.457 e. The van der Waals surface area contributed by atoms with Crippen molar-refractivity contribution in [1.29, 1.82) is 0 Å². The first-order valence-corrected chi connectivity index (χ1v) is 22.4. The molecule has 0 aliphatic heterocycles. The van der Waals surface area contributed by atoms with Gasteiger partial charge in [0.1, 0.15) is 6.10 Å². The summed E-state index contributed by atoms with van der Waals surface area (Å²) in [5.74, 6) is -0.357. The van der Waals surface area contributed by atoms with Crippen LogP contribution in [0.1, 0.15) is 162 Å². The van der Waals surface area contributed by atoms with Crippen molar-refractivity contribution in [3.05, 3.63) is 72.9 Å². The van der Waals surface area contributed by atoms with E-state index in [2.05, 4.69) is 86.8 Å². The average Bonchev–Trinajstić information content (AvgIpc) is 3.15. The van der Waals surface area contributed by atoms with Gasteiger partial charge in [0.25, 0.3) is 0 Å². The zero-order valence-electron chi connectivity index (χ0n) is 33.7. The molecule has 2 atom stereocenters. The van der Waals surface area contributed by atoms with Crippen molar-refractivity contribution >= 4 is 13.8 Å². The number of allylic oxidation sites excluding steroid dienone is 12. The minimum absolute atomic E-state index is 0.0930. The summed E-state index contributed by atoms with van der Waals surface area (Å²) in [5, 5.41) is 0. The van der Waals surface area contributed by atoms with Gasteiger partial charge in [0, 0.05) is 19.6 Å². The molecule has 306 valence electrons. The number of carbonyl (C=O) groups excluding carboxylic acids is 1. The monoisotopic (exact) mass is 764 g/mol. The van der Waals surface area contributed by atoms with Gasteiger partial charge in [-0.2, -0.15) is 0 Å². The number of phosphoric ester groups is 1. The van der Waals surface area contributed by atoms with Crippen LogP contribution in [0.2, 0.25) is 0 Å². The standard InChI is InChI=1S/C44H78NO7P/c1-3-5-7-9-11-13-15-16-17-18-19-20-21-22-23-24-25-26-27-29-31-33-35-37-44(46)52-43(42-51-53(47,48)50-40-38-45)41-49-39-36-34-32-30-28-14-12-10-8-6-4-2/h5,7,11,13,16-17,19-20,22-23,25-26,43H,3-4,6,8-10,12,14-15,18,21,24,27-42,45H2,1-2H3,(H,47,48)/b7-5-,13-11-,17-16-,20-19-,23-22-,26-25-. The Bertz CT molecular complexity index is 1040. The van der Waals surface area contributed by atoms with Gasteiger partial charge in [-0.25, -0.2) is 4.57 Å². The molecule has 0 aliphatic rings. The second-order valence-corrected chi connectivity index (χ2v) is 14.9. The lowest BCUT2D eigenvalue weighted by atomic mass is 10.1. The van der Waals surface area contributed by atoms with Crippen LogP contribution in [0.4, 0.5) is 0 Å². The molecule has 3 N–H and O–H groups in total. The van der Waals surface area contributed by atoms with Gasteiger partial charge in [-0.15, -0.1) is 0 Å². The zero-order valence-corrected chi connectivity index (χ0v) is 34.6. The van der Waals surface area contributed by atoms with E-state index in [1.54, 1.807) is 0 Å². The molecule has 0 fully saturated rings. The van der Waals surface area contributed by atoms with Gasteiger partial charge < -0.3 is 20.1 Å². The predicted octanol–water partition coefficient (Wildman–Crippen LogP) is 12.4. The van der Waals surface area contributed by atoms with Crippen LogP contribution >= 0.6 is 7.82 Å². The maximum atomic E-state index is 12.6. The summed E-state index contributed by atoms with van der Waals surface area (Å²) in [6.45, 7) is 4.75. The number of esters is 1. The van der Waals surface area contributed by atoms with E-state index in [0.717, 1.165) is 83.5 Å². The van der Waals surface area contributed by atoms with E-state index >= 15 is 0 Å². The molecule has 53 heavy (non-hydrogen) atoms. The van der Waals surface area contributed by atoms with Gasteiger partial charge in [-0.3, -0.25) is 13.8 Å². The van der Waals surface area contributed by atoms with Crippen LogP contribution in [0.5, 0.6) is 0 Å². The third-order valence-corrected chi connectivity index (χ3v) is 9.37. The van der Waals surface area contributed by atoms with Gasteiger partial charge in [-0.05, 0) is 64.2 Å². The topological polar surface area (TPSA) is 117 Å². The van der Waals surface area contributed by atoms with E-state index < -0.39 is 13.9 Å². The van der Waals surface area contributed by atoms with E-state index in [9.17, 15) is 14.3 Å². The molecule has 0 heterocycles. The average molecular weight is 764 g/mol. The highest BCUT2D eigenvalue weighted by Crippen LogP contribution is 2.43. The fraction of sp³-hybridized carbons (Fsp3) is 0.705. The van der Waals surface area contributed by atoms with E-state index in [1.807, 2.05) is 0 Å². The molecule has 0 saturated carbocycles. The summed E-state index contributed by atoms with van der Waals surface area (Å²) < 4.78 is 33.3. The van der Waals surface area contributed by atoms with Crippen molar-refractivity contribution < 1.29 is 32.8 Å². The number of phosphoric acid groups is 1. The Hall–Kier alpha value is -2.06. The SMILES string of the molecule is CC/C=C\C/C=C\C/C=C\C/C=C\C/C=C\C/C=C\CCCCCCC(=O)OC(COCCCCCCCCCCCCC)COP(=O)(O)OCCN. The van der Waals surface area contributed by atoms with Crippen molar-refractivity contribution in [2.45, 2.75) is 168 Å². The number of nitrogens with two attached hydrogens (primary N) is 1. The first kappa shape index (κ1) is 50.9. The van der Waals surface area contributed by atoms with Gasteiger partial charge in [0.15, 0.2) is 0 Å². The van der Waals surface area contributed by atoms with Crippen molar-refractivity contribution in [3.8, 4) is 0 Å². The maximum absolute atomic E-state index is 12.6. The minimum Gasteiger partial charge on any atom is -0.457 e. The first-order valence-electron chi connectivity index (χ1n) is 20.9. The van der Waals surface area contributed by atoms with Gasteiger partial charge in [-0.1, -0.05) is 164 Å². The van der Waals surface area contributed by atoms with E-state index in [4.69, 9.17) is 24.3 Å². The zero-order chi connectivity index (χ0) is 38.8. The molecule has 0 saturated heterocycles. The number of hydrogen-bond acceptors (Lipinski definition) is 7. The number of unbranched alkanes of at least 4 members (excludes halogenated alkanes) is 14. The van der Waals surface area contributed by atoms with Crippen molar-refractivity contribution in [2.75, 3.05) is 33.0 Å². The summed E-state index contributed by atoms with van der Waals surface area (Å²) in [6, 6.07) is 0. The van der Waals surface area contributed by atoms with E-state index in [-0.39, 0.29) is 38.8 Å². The fourth-order valence-corrected chi connectivity index (χ4v) is 6.12. The Balaban J connectivity index is 4.10. The van der Waals surface area contributed by atoms with Crippen LogP contribution in [0.3, 0.4) is 0 Å². The highest BCUT2D eigenvalue weighted by atomic mass is 31.2. The second kappa shape index (κ2) is 41.1. The molecule has 0 bridgehead atoms. The lowest BCUT2D eigenvalue weighted by Gasteiger charge is -2.20. The van der Waals surface area contributed by atoms with Crippen LogP contribution in [0.25, 0.3) is 0 Å². The molecule has 0 aromatic rings. The number of ether oxygens (including phenoxy) is 2. The molecule has 0 radical (unpaired) electrons. The quantitative estimate of drug-likeness (QED) is 0.0275. The molecule has 8 nitrogen and oxygen atoms in total. The predicted molar refractivity (Wildman–Crippen MR) is 224 cm³/mol. The Kier molecular flexibility index (Phi) is 39.5. The van der Waals surface area contributed by atoms with Gasteiger partial charge in [0.05, 0.1) is 19.8 Å². The number of carbonyl (C=O) groups is 1. The lowest BCUT2D eigenvalue weighted by Crippen LogP contribution is -2.28. The van der Waals surface area contributed by atoms with Crippen molar-refractivity contribution in [3.63, 3.8) is 0 Å². The molecule has 0 rings (SSSR count). The van der Waals surface area contributed by atoms with Gasteiger partial charge in [0.2, 0.25) is 0 Å². The molecule has 2 unspecified atom stereocenters. The molecule has 0 spiro atoms. The van der Waals surface area contributed by atoms with Crippen LogP contribution in [0, 0.1) is 0 Å². The largest absolute Gasteiger partial charge is 0.472 e. The fourth-order valence-electron chi connectivity index (χ4n) is 5.35. The van der Waals surface area contributed by atoms with Crippen LogP contribution < -0.4 is 5.73 Å². The Morgan fingerprint density at radius 1 is 0.585 bits per heavy atom. The van der Waals surface area contributed by atoms with Crippen LogP contribution in [-0.4, -0.2) is 49.9 Å². The van der Waals surface area contributed by atoms with Crippen LogP contribution in [-0.2, 0) is 27.9 Å². The molecule has 0 aromatic carbocycles. The van der Waals surface area contributed by atoms with E-state index in [1.165, 1.54) is 57.8 Å². The summed E-state index contributed by atoms with van der Waals surface area (Å²) >= 11 is 0. The molecule has 0 aliphatic carbocycles. The van der Waals surface area contributed by atoms with E-state index in [0.29, 0.717) is 6.61 Å². The molecular formula is C44H78NO7P. The highest BCUT2D eigenvalue weighted by Gasteiger charge is 2.25. The number of hydrogen-bond donors (Lipinski definition) is 2. The summed E-state index contributed by atoms with van der Waals surface area (Å²) in [4.78, 5) is 22.4. The normalized spacial score (nSPS) is 14.3. The first-order chi connectivity index (χ1) is 25.9. The molecule has 9 heteroatoms. The Morgan fingerprint density at radius 2 is 1.06 bits per heavy atom. The molecule has 0 aromatic heterocycles. The lowest BCUT2D eigenvalue weighted by molar-refractivity contribution is -0.154. The maximum Gasteiger partial charge on any atom is 0.472 e. The summed E-state index contributed by atoms with van der Waals surface area (Å²) in [6.07, 6.45) is 50.6. The third-order valence-electron chi connectivity index (χ3n) is 8.39. The highest BCUT2D eigenvalue weighted by molar-refractivity contribution is 7.47. The van der Waals surface area contributed by atoms with Crippen molar-refractivity contribution in [2.24, 2.45) is 5.73 Å². The Labute approximate surface area is 325 Å². The van der Waals surface area contributed by atoms with Gasteiger partial charge >= 0.3 is 13.8 Å². The van der Waals surface area contributed by atoms with Crippen molar-refractivity contribution in [1.82, 2.24) is 0 Å². The molecular weight excluding hydrogens is 685 g/mol. The summed E-state index contributed by atoms with van der Waals surface area (Å²) in [7, 11) is -4.28. The third kappa shape index (κ3) is 41.0. The summed E-state index contributed by atoms with van der Waals surface area (Å²) in [5.41, 5.74) is 5.36. The minimum atomic E-state index is -4.28. The second-order valence-electron chi connectivity index (χ2n) is 13.5.